The van der Waals surface area contributed by atoms with Crippen molar-refractivity contribution < 1.29 is 0 Å². The van der Waals surface area contributed by atoms with E-state index in [0.717, 1.165) is 12.8 Å². The molecule has 1 atom stereocenters. The van der Waals surface area contributed by atoms with Crippen LogP contribution in [0.1, 0.15) is 44.3 Å². The number of hydrogen-bond donors (Lipinski definition) is 1. The fourth-order valence-electron chi connectivity index (χ4n) is 3.86. The quantitative estimate of drug-likeness (QED) is 0.866. The monoisotopic (exact) mass is 278 g/mol. The van der Waals surface area contributed by atoms with Gasteiger partial charge in [0.1, 0.15) is 5.82 Å². The Hall–Kier alpha value is -0.870. The van der Waals surface area contributed by atoms with E-state index in [1.165, 1.54) is 37.9 Å². The number of hydrogen-bond acceptors (Lipinski definition) is 3. The van der Waals surface area contributed by atoms with Crippen molar-refractivity contribution in [1.29, 1.82) is 0 Å². The molecule has 1 aliphatic carbocycles. The molecule has 1 saturated carbocycles. The third-order valence-electron chi connectivity index (χ3n) is 5.18. The number of aromatic nitrogens is 2. The fraction of sp³-hybridized carbons (Fsp3) is 0.812. The molecule has 1 aromatic heterocycles. The van der Waals surface area contributed by atoms with Gasteiger partial charge in [-0.15, -0.1) is 0 Å². The number of aryl methyl sites for hydroxylation is 2. The van der Waals surface area contributed by atoms with Gasteiger partial charge in [-0.3, -0.25) is 0 Å². The lowest BCUT2D eigenvalue weighted by Crippen LogP contribution is -2.59. The highest BCUT2D eigenvalue weighted by molar-refractivity contribution is 5.02. The van der Waals surface area contributed by atoms with Crippen molar-refractivity contribution in [2.45, 2.75) is 56.5 Å². The van der Waals surface area contributed by atoms with Gasteiger partial charge in [-0.2, -0.15) is 0 Å². The van der Waals surface area contributed by atoms with E-state index >= 15 is 0 Å². The van der Waals surface area contributed by atoms with Crippen LogP contribution < -0.4 is 5.32 Å². The number of imidazole rings is 1. The summed E-state index contributed by atoms with van der Waals surface area (Å²) >= 11 is 0. The SMILES string of the molecule is CNC(CCc1nccn1C)C1(N(C)C)CCCCC1. The van der Waals surface area contributed by atoms with Crippen molar-refractivity contribution in [3.05, 3.63) is 18.2 Å². The van der Waals surface area contributed by atoms with Crippen molar-refractivity contribution in [2.24, 2.45) is 7.05 Å². The summed E-state index contributed by atoms with van der Waals surface area (Å²) in [5.74, 6) is 1.19. The summed E-state index contributed by atoms with van der Waals surface area (Å²) in [6, 6.07) is 0.537. The second kappa shape index (κ2) is 6.72. The molecule has 0 saturated heterocycles. The predicted molar refractivity (Wildman–Crippen MR) is 83.9 cm³/mol. The van der Waals surface area contributed by atoms with Gasteiger partial charge in [0.05, 0.1) is 0 Å². The van der Waals surface area contributed by atoms with Crippen LogP contribution in [0.3, 0.4) is 0 Å². The average molecular weight is 278 g/mol. The minimum atomic E-state index is 0.318. The first-order valence-corrected chi connectivity index (χ1v) is 7.91. The van der Waals surface area contributed by atoms with E-state index < -0.39 is 0 Å². The minimum absolute atomic E-state index is 0.318. The second-order valence-electron chi connectivity index (χ2n) is 6.39. The number of nitrogens with zero attached hydrogens (tertiary/aromatic N) is 3. The van der Waals surface area contributed by atoms with Crippen LogP contribution in [0, 0.1) is 0 Å². The van der Waals surface area contributed by atoms with Gasteiger partial charge < -0.3 is 14.8 Å². The van der Waals surface area contributed by atoms with Crippen LogP contribution in [0.15, 0.2) is 12.4 Å². The molecule has 1 heterocycles. The zero-order valence-electron chi connectivity index (χ0n) is 13.5. The summed E-state index contributed by atoms with van der Waals surface area (Å²) < 4.78 is 2.13. The van der Waals surface area contributed by atoms with Crippen LogP contribution in [0.2, 0.25) is 0 Å². The summed E-state index contributed by atoms with van der Waals surface area (Å²) in [6.07, 6.45) is 12.9. The normalized spacial score (nSPS) is 20.2. The summed E-state index contributed by atoms with van der Waals surface area (Å²) in [4.78, 5) is 6.92. The number of nitrogens with one attached hydrogen (secondary N) is 1. The Labute approximate surface area is 123 Å². The van der Waals surface area contributed by atoms with E-state index in [4.69, 9.17) is 0 Å². The highest BCUT2D eigenvalue weighted by Crippen LogP contribution is 2.36. The molecule has 114 valence electrons. The maximum absolute atomic E-state index is 4.46. The maximum Gasteiger partial charge on any atom is 0.108 e. The lowest BCUT2D eigenvalue weighted by molar-refractivity contribution is 0.0563. The van der Waals surface area contributed by atoms with Gasteiger partial charge >= 0.3 is 0 Å². The molecule has 1 aliphatic rings. The van der Waals surface area contributed by atoms with Crippen LogP contribution in [0.4, 0.5) is 0 Å². The van der Waals surface area contributed by atoms with Gasteiger partial charge in [0, 0.05) is 37.4 Å². The van der Waals surface area contributed by atoms with Gasteiger partial charge in [-0.05, 0) is 40.4 Å². The lowest BCUT2D eigenvalue weighted by Gasteiger charge is -2.48. The predicted octanol–water partition coefficient (Wildman–Crippen LogP) is 2.21. The zero-order chi connectivity index (χ0) is 14.6. The molecule has 0 amide bonds. The molecule has 0 aliphatic heterocycles. The van der Waals surface area contributed by atoms with E-state index in [2.05, 4.69) is 48.0 Å². The van der Waals surface area contributed by atoms with Crippen molar-refractivity contribution in [2.75, 3.05) is 21.1 Å². The van der Waals surface area contributed by atoms with E-state index in [1.807, 2.05) is 12.4 Å². The van der Waals surface area contributed by atoms with Crippen molar-refractivity contribution >= 4 is 0 Å². The Balaban J connectivity index is 2.06. The number of rotatable bonds is 6. The molecule has 1 unspecified atom stereocenters. The zero-order valence-corrected chi connectivity index (χ0v) is 13.5. The lowest BCUT2D eigenvalue weighted by atomic mass is 9.74. The molecule has 0 spiro atoms. The molecule has 1 aromatic rings. The van der Waals surface area contributed by atoms with E-state index in [9.17, 15) is 0 Å². The molecule has 4 heteroatoms. The van der Waals surface area contributed by atoms with E-state index in [1.54, 1.807) is 0 Å². The molecule has 1 fully saturated rings. The Kier molecular flexibility index (Phi) is 5.22. The smallest absolute Gasteiger partial charge is 0.108 e. The first-order valence-electron chi connectivity index (χ1n) is 7.91. The molecule has 0 bridgehead atoms. The third-order valence-corrected chi connectivity index (χ3v) is 5.18. The van der Waals surface area contributed by atoms with Crippen molar-refractivity contribution in [1.82, 2.24) is 19.8 Å². The molecule has 2 rings (SSSR count). The van der Waals surface area contributed by atoms with Gasteiger partial charge in [-0.1, -0.05) is 19.3 Å². The molecular formula is C16H30N4. The maximum atomic E-state index is 4.46. The molecule has 4 nitrogen and oxygen atoms in total. The first-order chi connectivity index (χ1) is 9.60. The van der Waals surface area contributed by atoms with Gasteiger partial charge in [-0.25, -0.2) is 4.98 Å². The molecule has 0 radical (unpaired) electrons. The second-order valence-corrected chi connectivity index (χ2v) is 6.39. The minimum Gasteiger partial charge on any atom is -0.338 e. The fourth-order valence-corrected chi connectivity index (χ4v) is 3.86. The molecule has 1 N–H and O–H groups in total. The van der Waals surface area contributed by atoms with Crippen LogP contribution in [-0.4, -0.2) is 47.2 Å². The number of likely N-dealkylation sites (N-methyl/N-ethyl adjacent to an activating group) is 2. The Morgan fingerprint density at radius 3 is 2.55 bits per heavy atom. The average Bonchev–Trinajstić information content (AvgIpc) is 2.86. The highest BCUT2D eigenvalue weighted by Gasteiger charge is 2.40. The van der Waals surface area contributed by atoms with Crippen LogP contribution >= 0.6 is 0 Å². The largest absolute Gasteiger partial charge is 0.338 e. The first kappa shape index (κ1) is 15.5. The molecular weight excluding hydrogens is 248 g/mol. The van der Waals surface area contributed by atoms with Crippen molar-refractivity contribution in [3.63, 3.8) is 0 Å². The van der Waals surface area contributed by atoms with Crippen LogP contribution in [0.5, 0.6) is 0 Å². The standard InChI is InChI=1S/C16H30N4/c1-17-14(8-9-15-18-12-13-20(15)4)16(19(2)3)10-6-5-7-11-16/h12-14,17H,5-11H2,1-4H3. The van der Waals surface area contributed by atoms with E-state index in [-0.39, 0.29) is 0 Å². The summed E-state index contributed by atoms with van der Waals surface area (Å²) in [7, 11) is 8.69. The van der Waals surface area contributed by atoms with E-state index in [0.29, 0.717) is 11.6 Å². The Morgan fingerprint density at radius 2 is 2.05 bits per heavy atom. The van der Waals surface area contributed by atoms with Gasteiger partial charge in [0.2, 0.25) is 0 Å². The third kappa shape index (κ3) is 3.07. The van der Waals surface area contributed by atoms with Crippen molar-refractivity contribution in [3.8, 4) is 0 Å². The van der Waals surface area contributed by atoms with Gasteiger partial charge in [0.15, 0.2) is 0 Å². The Bertz CT molecular complexity index is 404. The highest BCUT2D eigenvalue weighted by atomic mass is 15.2. The van der Waals surface area contributed by atoms with Crippen LogP contribution in [-0.2, 0) is 13.5 Å². The molecule has 20 heavy (non-hydrogen) atoms. The van der Waals surface area contributed by atoms with Gasteiger partial charge in [0.25, 0.3) is 0 Å². The summed E-state index contributed by atoms with van der Waals surface area (Å²) in [5.41, 5.74) is 0.318. The summed E-state index contributed by atoms with van der Waals surface area (Å²) in [6.45, 7) is 0. The molecule has 0 aromatic carbocycles. The Morgan fingerprint density at radius 1 is 1.35 bits per heavy atom. The van der Waals surface area contributed by atoms with Crippen LogP contribution in [0.25, 0.3) is 0 Å². The summed E-state index contributed by atoms with van der Waals surface area (Å²) in [5, 5.41) is 3.60. The topological polar surface area (TPSA) is 33.1 Å².